The van der Waals surface area contributed by atoms with Crippen LogP contribution < -0.4 is 5.32 Å². The van der Waals surface area contributed by atoms with Crippen LogP contribution in [-0.2, 0) is 7.05 Å². The molecule has 2 aromatic rings. The minimum absolute atomic E-state index is 0.147. The summed E-state index contributed by atoms with van der Waals surface area (Å²) in [5.41, 5.74) is 3.03. The van der Waals surface area contributed by atoms with Crippen LogP contribution in [0.5, 0.6) is 0 Å². The summed E-state index contributed by atoms with van der Waals surface area (Å²) in [5, 5.41) is 12.2. The fraction of sp³-hybridized carbons (Fsp3) is 0.231. The molecule has 2 aliphatic rings. The van der Waals surface area contributed by atoms with Crippen molar-refractivity contribution in [3.8, 4) is 0 Å². The van der Waals surface area contributed by atoms with Gasteiger partial charge in [0, 0.05) is 35.2 Å². The number of nitrogens with zero attached hydrogens (tertiary/aromatic N) is 2. The van der Waals surface area contributed by atoms with Gasteiger partial charge >= 0.3 is 6.18 Å². The molecule has 4 rings (SSSR count). The molecule has 35 heavy (non-hydrogen) atoms. The van der Waals surface area contributed by atoms with Crippen LogP contribution in [0.25, 0.3) is 11.6 Å². The second kappa shape index (κ2) is 10.5. The third kappa shape index (κ3) is 5.68. The molecule has 2 aliphatic carbocycles. The molecule has 182 valence electrons. The fourth-order valence-corrected chi connectivity index (χ4v) is 4.72. The lowest BCUT2D eigenvalue weighted by atomic mass is 9.99. The normalized spacial score (nSPS) is 15.5. The number of halogens is 3. The maximum absolute atomic E-state index is 13.3. The van der Waals surface area contributed by atoms with Crippen molar-refractivity contribution in [2.75, 3.05) is 13.2 Å². The number of benzene rings is 1. The smallest absolute Gasteiger partial charge is 0.395 e. The first-order valence-electron chi connectivity index (χ1n) is 11.0. The Kier molecular flexibility index (Phi) is 7.47. The molecule has 0 aliphatic heterocycles. The number of rotatable bonds is 6. The number of aliphatic hydroxyl groups excluding tert-OH is 1. The maximum Gasteiger partial charge on any atom is 0.413 e. The van der Waals surface area contributed by atoms with Gasteiger partial charge in [-0.25, -0.2) is 4.98 Å². The Morgan fingerprint density at radius 3 is 2.89 bits per heavy atom. The number of imidazole rings is 1. The second-order valence-corrected chi connectivity index (χ2v) is 9.01. The predicted octanol–water partition coefficient (Wildman–Crippen LogP) is 5.42. The number of amides is 1. The number of hydrogen-bond acceptors (Lipinski definition) is 4. The van der Waals surface area contributed by atoms with Crippen molar-refractivity contribution < 1.29 is 23.1 Å². The molecular weight excluding hydrogens is 475 g/mol. The van der Waals surface area contributed by atoms with E-state index in [0.717, 1.165) is 16.8 Å². The molecule has 0 saturated heterocycles. The first-order valence-corrected chi connectivity index (χ1v) is 11.9. The number of allylic oxidation sites excluding steroid dienone is 7. The van der Waals surface area contributed by atoms with Gasteiger partial charge in [0.1, 0.15) is 0 Å². The van der Waals surface area contributed by atoms with Crippen LogP contribution in [-0.4, -0.2) is 39.9 Å². The highest BCUT2D eigenvalue weighted by Crippen LogP contribution is 2.38. The van der Waals surface area contributed by atoms with Crippen LogP contribution in [0.2, 0.25) is 0 Å². The van der Waals surface area contributed by atoms with Crippen LogP contribution in [0.1, 0.15) is 40.2 Å². The van der Waals surface area contributed by atoms with E-state index in [4.69, 9.17) is 10.1 Å². The Hall–Kier alpha value is -3.30. The Bertz CT molecular complexity index is 1280. The van der Waals surface area contributed by atoms with E-state index in [2.05, 4.69) is 5.32 Å². The van der Waals surface area contributed by atoms with E-state index < -0.39 is 11.7 Å². The zero-order valence-electron chi connectivity index (χ0n) is 19.0. The Labute approximate surface area is 205 Å². The van der Waals surface area contributed by atoms with Gasteiger partial charge in [-0.1, -0.05) is 48.2 Å². The summed E-state index contributed by atoms with van der Waals surface area (Å²) in [6.45, 7) is 0.0159. The predicted molar refractivity (Wildman–Crippen MR) is 132 cm³/mol. The minimum Gasteiger partial charge on any atom is -0.395 e. The van der Waals surface area contributed by atoms with Crippen molar-refractivity contribution >= 4 is 29.3 Å². The lowest BCUT2D eigenvalue weighted by Crippen LogP contribution is -2.26. The third-order valence-electron chi connectivity index (χ3n) is 5.54. The summed E-state index contributed by atoms with van der Waals surface area (Å²) < 4.78 is 41.8. The summed E-state index contributed by atoms with van der Waals surface area (Å²) in [6.07, 6.45) is 8.03. The van der Waals surface area contributed by atoms with Gasteiger partial charge in [-0.15, -0.1) is 0 Å². The van der Waals surface area contributed by atoms with Gasteiger partial charge in [-0.05, 0) is 48.8 Å². The summed E-state index contributed by atoms with van der Waals surface area (Å²) in [5.74, 6) is -0.286. The first-order chi connectivity index (χ1) is 16.8. The topological polar surface area (TPSA) is 67.2 Å². The van der Waals surface area contributed by atoms with E-state index in [1.807, 2.05) is 35.9 Å². The molecule has 0 atom stereocenters. The van der Waals surface area contributed by atoms with Crippen LogP contribution in [0.15, 0.2) is 76.4 Å². The number of fused-ring (bicyclic) bond motifs is 1. The van der Waals surface area contributed by atoms with Crippen LogP contribution >= 0.6 is 11.8 Å². The van der Waals surface area contributed by atoms with E-state index in [-0.39, 0.29) is 25.5 Å². The Balaban J connectivity index is 1.68. The molecule has 0 bridgehead atoms. The molecule has 9 heteroatoms. The van der Waals surface area contributed by atoms with Gasteiger partial charge in [0.15, 0.2) is 5.16 Å². The molecule has 0 unspecified atom stereocenters. The van der Waals surface area contributed by atoms with Crippen LogP contribution in [0.4, 0.5) is 13.2 Å². The molecule has 1 amide bonds. The zero-order chi connectivity index (χ0) is 25.0. The van der Waals surface area contributed by atoms with E-state index in [9.17, 15) is 18.0 Å². The van der Waals surface area contributed by atoms with E-state index in [0.29, 0.717) is 27.7 Å². The molecule has 0 saturated carbocycles. The standard InChI is InChI=1S/C26H24F3N3O2S/c1-32-22-12-5-4-11-21(17-7-6-8-18(15-17)24(34)30-13-14-33)23(22)31-25(32)35-20-10-3-2-9-19(16-20)26(27,28)29/h2-3,5-8,10-12,15-16,33H,4,9,13-14H2,1H3,(H,30,34). The van der Waals surface area contributed by atoms with Crippen molar-refractivity contribution in [3.63, 3.8) is 0 Å². The number of nitrogens with one attached hydrogen (secondary N) is 1. The molecular formula is C26H24F3N3O2S. The summed E-state index contributed by atoms with van der Waals surface area (Å²) in [4.78, 5) is 17.6. The number of carbonyl (C=O) groups is 1. The summed E-state index contributed by atoms with van der Waals surface area (Å²) >= 11 is 1.18. The highest BCUT2D eigenvalue weighted by Gasteiger charge is 2.33. The second-order valence-electron chi connectivity index (χ2n) is 7.97. The average Bonchev–Trinajstić information content (AvgIpc) is 3.04. The number of alkyl halides is 3. The van der Waals surface area contributed by atoms with E-state index in [1.165, 1.54) is 23.9 Å². The van der Waals surface area contributed by atoms with E-state index in [1.54, 1.807) is 30.4 Å². The van der Waals surface area contributed by atoms with Crippen molar-refractivity contribution in [1.29, 1.82) is 0 Å². The SMILES string of the molecule is Cn1c(SC2=CC=CCC(C(F)(F)F)=C2)nc2c1C=CCC=C2c1cccc(C(=O)NCCO)c1. The lowest BCUT2D eigenvalue weighted by Gasteiger charge is -2.10. The number of carbonyl (C=O) groups excluding carboxylic acids is 1. The lowest BCUT2D eigenvalue weighted by molar-refractivity contribution is -0.0928. The molecule has 0 radical (unpaired) electrons. The monoisotopic (exact) mass is 499 g/mol. The van der Waals surface area contributed by atoms with Gasteiger partial charge in [0.05, 0.1) is 18.0 Å². The third-order valence-corrected chi connectivity index (χ3v) is 6.58. The Morgan fingerprint density at radius 2 is 2.11 bits per heavy atom. The van der Waals surface area contributed by atoms with Gasteiger partial charge in [-0.2, -0.15) is 13.2 Å². The quantitative estimate of drug-likeness (QED) is 0.557. The van der Waals surface area contributed by atoms with Gasteiger partial charge in [-0.3, -0.25) is 4.79 Å². The largest absolute Gasteiger partial charge is 0.413 e. The molecule has 1 heterocycles. The van der Waals surface area contributed by atoms with Gasteiger partial charge in [0.2, 0.25) is 0 Å². The first kappa shape index (κ1) is 24.8. The zero-order valence-corrected chi connectivity index (χ0v) is 19.8. The van der Waals surface area contributed by atoms with Crippen molar-refractivity contribution in [2.45, 2.75) is 24.2 Å². The molecule has 0 fully saturated rings. The van der Waals surface area contributed by atoms with Crippen molar-refractivity contribution in [3.05, 3.63) is 93.7 Å². The molecule has 5 nitrogen and oxygen atoms in total. The van der Waals surface area contributed by atoms with E-state index >= 15 is 0 Å². The molecule has 1 aromatic heterocycles. The van der Waals surface area contributed by atoms with Crippen molar-refractivity contribution in [1.82, 2.24) is 14.9 Å². The molecule has 2 N–H and O–H groups in total. The average molecular weight is 500 g/mol. The minimum atomic E-state index is -4.39. The van der Waals surface area contributed by atoms with Gasteiger partial charge < -0.3 is 15.0 Å². The number of aliphatic hydroxyl groups is 1. The maximum atomic E-state index is 13.3. The Morgan fingerprint density at radius 1 is 1.29 bits per heavy atom. The highest BCUT2D eigenvalue weighted by atomic mass is 32.2. The summed E-state index contributed by atoms with van der Waals surface area (Å²) in [6, 6.07) is 7.14. The van der Waals surface area contributed by atoms with Crippen molar-refractivity contribution in [2.24, 2.45) is 7.05 Å². The fourth-order valence-electron chi connectivity index (χ4n) is 3.79. The molecule has 1 aromatic carbocycles. The van der Waals surface area contributed by atoms with Crippen LogP contribution in [0, 0.1) is 0 Å². The number of thioether (sulfide) groups is 1. The number of hydrogen-bond donors (Lipinski definition) is 2. The van der Waals surface area contributed by atoms with Gasteiger partial charge in [0.25, 0.3) is 5.91 Å². The number of aromatic nitrogens is 2. The van der Waals surface area contributed by atoms with Crippen LogP contribution in [0.3, 0.4) is 0 Å². The summed E-state index contributed by atoms with van der Waals surface area (Å²) in [7, 11) is 1.84. The highest BCUT2D eigenvalue weighted by molar-refractivity contribution is 8.03. The molecule has 0 spiro atoms.